The van der Waals surface area contributed by atoms with E-state index in [0.29, 0.717) is 10.7 Å². The smallest absolute Gasteiger partial charge is 0.235 e. The van der Waals surface area contributed by atoms with Crippen LogP contribution in [-0.4, -0.2) is 13.0 Å². The minimum absolute atomic E-state index is 0.498. The van der Waals surface area contributed by atoms with Crippen LogP contribution in [0.4, 0.5) is 5.69 Å². The summed E-state index contributed by atoms with van der Waals surface area (Å²) in [6.45, 7) is 0. The van der Waals surface area contributed by atoms with Crippen molar-refractivity contribution in [1.82, 2.24) is 5.59 Å². The lowest BCUT2D eigenvalue weighted by atomic mass is 10.3. The van der Waals surface area contributed by atoms with E-state index in [-0.39, 0.29) is 0 Å². The van der Waals surface area contributed by atoms with Gasteiger partial charge in [-0.3, -0.25) is 5.43 Å². The van der Waals surface area contributed by atoms with Crippen molar-refractivity contribution < 1.29 is 17.3 Å². The fourth-order valence-electron chi connectivity index (χ4n) is 0.664. The minimum Gasteiger partial charge on any atom is -0.724 e. The first-order valence-corrected chi connectivity index (χ1v) is 5.09. The van der Waals surface area contributed by atoms with Gasteiger partial charge >= 0.3 is 0 Å². The summed E-state index contributed by atoms with van der Waals surface area (Å²) in [5.74, 6) is 0. The molecule has 2 N–H and O–H groups in total. The molecule has 1 rings (SSSR count). The van der Waals surface area contributed by atoms with Gasteiger partial charge in [-0.15, -0.1) is 0 Å². The molecule has 0 aliphatic carbocycles. The molecule has 0 amide bonds. The first-order chi connectivity index (χ1) is 6.47. The average molecular weight is 238 g/mol. The van der Waals surface area contributed by atoms with E-state index >= 15 is 0 Å². The molecule has 14 heavy (non-hydrogen) atoms. The predicted molar refractivity (Wildman–Crippen MR) is 49.0 cm³/mol. The van der Waals surface area contributed by atoms with E-state index in [1.54, 1.807) is 29.9 Å². The third-order valence-electron chi connectivity index (χ3n) is 1.18. The Balaban J connectivity index is 2.43. The molecule has 0 spiro atoms. The molecule has 0 saturated heterocycles. The van der Waals surface area contributed by atoms with Crippen molar-refractivity contribution in [2.75, 3.05) is 5.43 Å². The van der Waals surface area contributed by atoms with Crippen molar-refractivity contribution in [3.05, 3.63) is 29.3 Å². The SMILES string of the molecule is O=S(=O)([O-])ONNc1ccc(Cl)cc1. The number of hydrogen-bond donors (Lipinski definition) is 2. The van der Waals surface area contributed by atoms with Gasteiger partial charge in [-0.05, 0) is 24.3 Å². The standard InChI is InChI=1S/C6H7ClN2O4S/c7-5-1-3-6(4-2-5)8-9-13-14(10,11)12/h1-4,8-9H,(H,10,11,12)/p-1. The highest BCUT2D eigenvalue weighted by Crippen LogP contribution is 2.12. The van der Waals surface area contributed by atoms with Crippen molar-refractivity contribution >= 4 is 27.7 Å². The Kier molecular flexibility index (Phi) is 3.67. The van der Waals surface area contributed by atoms with Crippen LogP contribution in [0.2, 0.25) is 5.02 Å². The normalized spacial score (nSPS) is 11.3. The van der Waals surface area contributed by atoms with Gasteiger partial charge in [0, 0.05) is 5.02 Å². The van der Waals surface area contributed by atoms with Gasteiger partial charge in [0.1, 0.15) is 0 Å². The fourth-order valence-corrected chi connectivity index (χ4v) is 0.934. The van der Waals surface area contributed by atoms with Gasteiger partial charge in [0.15, 0.2) is 0 Å². The molecule has 0 aliphatic heterocycles. The van der Waals surface area contributed by atoms with Crippen LogP contribution < -0.4 is 11.0 Å². The molecule has 0 aliphatic rings. The Labute approximate surface area is 85.7 Å². The van der Waals surface area contributed by atoms with Crippen LogP contribution in [0, 0.1) is 0 Å². The predicted octanol–water partition coefficient (Wildman–Crippen LogP) is 0.648. The van der Waals surface area contributed by atoms with Crippen molar-refractivity contribution in [1.29, 1.82) is 0 Å². The summed E-state index contributed by atoms with van der Waals surface area (Å²) in [6, 6.07) is 6.29. The molecule has 1 aromatic carbocycles. The van der Waals surface area contributed by atoms with Crippen LogP contribution in [0.5, 0.6) is 0 Å². The van der Waals surface area contributed by atoms with Gasteiger partial charge in [0.05, 0.1) is 5.69 Å². The van der Waals surface area contributed by atoms with E-state index in [9.17, 15) is 13.0 Å². The number of nitrogens with one attached hydrogen (secondary N) is 2. The van der Waals surface area contributed by atoms with E-state index in [1.165, 1.54) is 0 Å². The van der Waals surface area contributed by atoms with Gasteiger partial charge < -0.3 is 4.55 Å². The van der Waals surface area contributed by atoms with Crippen molar-refractivity contribution in [2.24, 2.45) is 0 Å². The first-order valence-electron chi connectivity index (χ1n) is 3.38. The fraction of sp³-hybridized carbons (Fsp3) is 0. The van der Waals surface area contributed by atoms with Crippen molar-refractivity contribution in [3.8, 4) is 0 Å². The molecular formula is C6H6ClN2O4S-. The summed E-state index contributed by atoms with van der Waals surface area (Å²) < 4.78 is 33.6. The number of anilines is 1. The lowest BCUT2D eigenvalue weighted by molar-refractivity contribution is 0.191. The van der Waals surface area contributed by atoms with Crippen molar-refractivity contribution in [2.45, 2.75) is 0 Å². The molecule has 0 bridgehead atoms. The van der Waals surface area contributed by atoms with Crippen LogP contribution in [0.3, 0.4) is 0 Å². The van der Waals surface area contributed by atoms with Crippen LogP contribution in [0.1, 0.15) is 0 Å². The third-order valence-corrected chi connectivity index (χ3v) is 1.72. The number of hydrogen-bond acceptors (Lipinski definition) is 6. The number of halogens is 1. The lowest BCUT2D eigenvalue weighted by Crippen LogP contribution is -2.25. The molecule has 0 radical (unpaired) electrons. The Morgan fingerprint density at radius 2 is 1.86 bits per heavy atom. The van der Waals surface area contributed by atoms with E-state index in [0.717, 1.165) is 0 Å². The second kappa shape index (κ2) is 4.58. The molecular weight excluding hydrogens is 232 g/mol. The van der Waals surface area contributed by atoms with Gasteiger partial charge in [-0.25, -0.2) is 8.42 Å². The summed E-state index contributed by atoms with van der Waals surface area (Å²) in [6.07, 6.45) is 0. The molecule has 1 aromatic rings. The topological polar surface area (TPSA) is 90.5 Å². The second-order valence-electron chi connectivity index (χ2n) is 2.23. The maximum Gasteiger partial charge on any atom is 0.235 e. The molecule has 0 aromatic heterocycles. The van der Waals surface area contributed by atoms with Crippen molar-refractivity contribution in [3.63, 3.8) is 0 Å². The molecule has 6 nitrogen and oxygen atoms in total. The summed E-state index contributed by atoms with van der Waals surface area (Å²) in [5, 5.41) is 0.535. The average Bonchev–Trinajstić information content (AvgIpc) is 2.06. The zero-order valence-corrected chi connectivity index (χ0v) is 8.30. The maximum atomic E-state index is 9.97. The lowest BCUT2D eigenvalue weighted by Gasteiger charge is -2.09. The van der Waals surface area contributed by atoms with E-state index in [2.05, 4.69) is 9.71 Å². The van der Waals surface area contributed by atoms with Crippen LogP contribution in [0.25, 0.3) is 0 Å². The summed E-state index contributed by atoms with van der Waals surface area (Å²) >= 11 is 5.59. The number of benzene rings is 1. The molecule has 0 saturated carbocycles. The van der Waals surface area contributed by atoms with E-state index in [4.69, 9.17) is 11.6 Å². The molecule has 0 unspecified atom stereocenters. The highest BCUT2D eigenvalue weighted by Gasteiger charge is 1.94. The van der Waals surface area contributed by atoms with E-state index < -0.39 is 10.4 Å². The molecule has 8 heteroatoms. The molecule has 0 fully saturated rings. The second-order valence-corrected chi connectivity index (χ2v) is 3.65. The highest BCUT2D eigenvalue weighted by atomic mass is 35.5. The van der Waals surface area contributed by atoms with E-state index in [1.807, 2.05) is 0 Å². The largest absolute Gasteiger partial charge is 0.724 e. The Morgan fingerprint density at radius 3 is 2.36 bits per heavy atom. The zero-order chi connectivity index (χ0) is 10.6. The zero-order valence-electron chi connectivity index (χ0n) is 6.73. The quantitative estimate of drug-likeness (QED) is 0.454. The van der Waals surface area contributed by atoms with Gasteiger partial charge in [0.2, 0.25) is 10.4 Å². The number of rotatable bonds is 4. The Hall–Kier alpha value is -0.860. The summed E-state index contributed by atoms with van der Waals surface area (Å²) in [5.41, 5.74) is 4.58. The minimum atomic E-state index is -4.75. The first kappa shape index (κ1) is 11.2. The van der Waals surface area contributed by atoms with Crippen LogP contribution >= 0.6 is 11.6 Å². The maximum absolute atomic E-state index is 9.97. The Morgan fingerprint density at radius 1 is 1.29 bits per heavy atom. The Bertz CT molecular complexity index is 391. The van der Waals surface area contributed by atoms with Crippen LogP contribution in [-0.2, 0) is 14.7 Å². The van der Waals surface area contributed by atoms with Gasteiger partial charge in [0.25, 0.3) is 0 Å². The highest BCUT2D eigenvalue weighted by molar-refractivity contribution is 7.80. The van der Waals surface area contributed by atoms with Gasteiger partial charge in [-0.2, -0.15) is 4.28 Å². The van der Waals surface area contributed by atoms with Gasteiger partial charge in [-0.1, -0.05) is 17.2 Å². The van der Waals surface area contributed by atoms with Crippen LogP contribution in [0.15, 0.2) is 24.3 Å². The number of hydrazine groups is 1. The molecule has 0 atom stereocenters. The summed E-state index contributed by atoms with van der Waals surface area (Å²) in [4.78, 5) is 0. The molecule has 78 valence electrons. The monoisotopic (exact) mass is 237 g/mol. The summed E-state index contributed by atoms with van der Waals surface area (Å²) in [7, 11) is -4.75. The molecule has 0 heterocycles. The third kappa shape index (κ3) is 4.40.